The van der Waals surface area contributed by atoms with Gasteiger partial charge in [-0.3, -0.25) is 14.5 Å². The normalized spacial score (nSPS) is 13.6. The minimum absolute atomic E-state index is 0.115. The zero-order chi connectivity index (χ0) is 19.9. The van der Waals surface area contributed by atoms with Gasteiger partial charge in [-0.25, -0.2) is 4.79 Å². The summed E-state index contributed by atoms with van der Waals surface area (Å²) < 4.78 is 0. The third kappa shape index (κ3) is 3.48. The average Bonchev–Trinajstić information content (AvgIpc) is 2.81. The fourth-order valence-electron chi connectivity index (χ4n) is 3.00. The summed E-state index contributed by atoms with van der Waals surface area (Å²) in [5, 5.41) is 14.8. The van der Waals surface area contributed by atoms with Gasteiger partial charge in [0.15, 0.2) is 0 Å². The average molecular weight is 367 g/mol. The molecule has 0 bridgehead atoms. The van der Waals surface area contributed by atoms with Crippen LogP contribution in [0.25, 0.3) is 0 Å². The first kappa shape index (κ1) is 18.4. The molecule has 7 heteroatoms. The van der Waals surface area contributed by atoms with Gasteiger partial charge in [0.25, 0.3) is 11.8 Å². The molecule has 4 amide bonds. The Labute approximate surface area is 157 Å². The van der Waals surface area contributed by atoms with Gasteiger partial charge < -0.3 is 15.7 Å². The Balaban J connectivity index is 1.79. The molecule has 1 heterocycles. The molecular weight excluding hydrogens is 346 g/mol. The molecule has 3 N–H and O–H groups in total. The highest BCUT2D eigenvalue weighted by molar-refractivity contribution is 6.22. The molecule has 7 nitrogen and oxygen atoms in total. The number of carbonyl (C=O) groups excluding carboxylic acids is 3. The molecule has 2 aromatic carbocycles. The van der Waals surface area contributed by atoms with Crippen LogP contribution in [0, 0.1) is 6.92 Å². The maximum absolute atomic E-state index is 12.6. The van der Waals surface area contributed by atoms with Crippen molar-refractivity contribution in [2.24, 2.45) is 0 Å². The number of phenolic OH excluding ortho intramolecular Hbond substituents is 1. The predicted octanol–water partition coefficient (Wildman–Crippen LogP) is 3.74. The lowest BCUT2D eigenvalue weighted by Gasteiger charge is -2.29. The number of benzene rings is 2. The fourth-order valence-corrected chi connectivity index (χ4v) is 3.00. The van der Waals surface area contributed by atoms with Gasteiger partial charge in [0.1, 0.15) is 5.75 Å². The molecule has 0 aliphatic carbocycles. The van der Waals surface area contributed by atoms with Gasteiger partial charge in [-0.1, -0.05) is 0 Å². The third-order valence-corrected chi connectivity index (χ3v) is 4.27. The number of nitrogens with zero attached hydrogens (tertiary/aromatic N) is 1. The lowest BCUT2D eigenvalue weighted by Crippen LogP contribution is -2.45. The van der Waals surface area contributed by atoms with Crippen LogP contribution in [-0.2, 0) is 0 Å². The number of aryl methyl sites for hydroxylation is 1. The molecule has 0 atom stereocenters. The van der Waals surface area contributed by atoms with Crippen LogP contribution in [-0.4, -0.2) is 33.4 Å². The van der Waals surface area contributed by atoms with Gasteiger partial charge in [0.05, 0.1) is 11.1 Å². The summed E-state index contributed by atoms with van der Waals surface area (Å²) in [5.74, 6) is -0.595. The molecular formula is C20H21N3O4. The highest BCUT2D eigenvalue weighted by Gasteiger charge is 2.41. The van der Waals surface area contributed by atoms with E-state index in [1.54, 1.807) is 45.9 Å². The molecule has 2 aromatic rings. The van der Waals surface area contributed by atoms with Crippen LogP contribution in [0.5, 0.6) is 5.75 Å². The quantitative estimate of drug-likeness (QED) is 0.556. The second kappa shape index (κ2) is 6.42. The zero-order valence-corrected chi connectivity index (χ0v) is 15.6. The summed E-state index contributed by atoms with van der Waals surface area (Å²) in [6.07, 6.45) is 0. The Kier molecular flexibility index (Phi) is 4.39. The summed E-state index contributed by atoms with van der Waals surface area (Å²) in [6.45, 7) is 7.14. The van der Waals surface area contributed by atoms with Crippen LogP contribution in [0.3, 0.4) is 0 Å². The molecule has 0 fully saturated rings. The van der Waals surface area contributed by atoms with E-state index in [1.165, 1.54) is 23.1 Å². The molecule has 0 saturated carbocycles. The zero-order valence-electron chi connectivity index (χ0n) is 15.6. The van der Waals surface area contributed by atoms with Crippen molar-refractivity contribution >= 4 is 29.2 Å². The molecule has 140 valence electrons. The number of urea groups is 1. The van der Waals surface area contributed by atoms with Crippen molar-refractivity contribution in [3.05, 3.63) is 53.1 Å². The maximum atomic E-state index is 12.6. The summed E-state index contributed by atoms with van der Waals surface area (Å²) in [6, 6.07) is 8.75. The van der Waals surface area contributed by atoms with Gasteiger partial charge >= 0.3 is 6.03 Å². The second-order valence-corrected chi connectivity index (χ2v) is 7.46. The molecule has 0 saturated heterocycles. The van der Waals surface area contributed by atoms with Crippen molar-refractivity contribution in [3.8, 4) is 5.75 Å². The smallest absolute Gasteiger partial charge is 0.323 e. The number of carbonyl (C=O) groups is 3. The van der Waals surface area contributed by atoms with Crippen LogP contribution >= 0.6 is 0 Å². The molecule has 1 aliphatic rings. The second-order valence-electron chi connectivity index (χ2n) is 7.46. The van der Waals surface area contributed by atoms with Crippen molar-refractivity contribution in [2.75, 3.05) is 10.6 Å². The molecule has 0 unspecified atom stereocenters. The van der Waals surface area contributed by atoms with E-state index in [2.05, 4.69) is 10.6 Å². The van der Waals surface area contributed by atoms with E-state index in [0.717, 1.165) is 0 Å². The summed E-state index contributed by atoms with van der Waals surface area (Å²) in [4.78, 5) is 38.6. The maximum Gasteiger partial charge on any atom is 0.323 e. The first-order valence-electron chi connectivity index (χ1n) is 8.48. The number of amides is 4. The number of phenols is 1. The van der Waals surface area contributed by atoms with Gasteiger partial charge in [-0.2, -0.15) is 0 Å². The van der Waals surface area contributed by atoms with Crippen molar-refractivity contribution in [3.63, 3.8) is 0 Å². The first-order chi connectivity index (χ1) is 12.6. The van der Waals surface area contributed by atoms with Crippen molar-refractivity contribution in [1.82, 2.24) is 4.90 Å². The number of hydrogen-bond donors (Lipinski definition) is 3. The Morgan fingerprint density at radius 1 is 0.963 bits per heavy atom. The van der Waals surface area contributed by atoms with E-state index in [9.17, 15) is 19.5 Å². The largest absolute Gasteiger partial charge is 0.508 e. The standard InChI is InChI=1S/C20H21N3O4/c1-11-9-13(24)6-8-16(11)22-19(27)21-12-5-7-14-15(10-12)18(26)23(17(14)25)20(2,3)4/h5-10,24H,1-4H3,(H2,21,22,27). The molecule has 0 aromatic heterocycles. The Bertz CT molecular complexity index is 960. The molecule has 0 spiro atoms. The summed E-state index contributed by atoms with van der Waals surface area (Å²) in [5.41, 5.74) is 1.63. The molecule has 1 aliphatic heterocycles. The van der Waals surface area contributed by atoms with Crippen LogP contribution in [0.15, 0.2) is 36.4 Å². The van der Waals surface area contributed by atoms with Crippen LogP contribution < -0.4 is 10.6 Å². The van der Waals surface area contributed by atoms with E-state index in [0.29, 0.717) is 22.5 Å². The minimum atomic E-state index is -0.630. The highest BCUT2D eigenvalue weighted by atomic mass is 16.3. The molecule has 0 radical (unpaired) electrons. The lowest BCUT2D eigenvalue weighted by molar-refractivity contribution is 0.0507. The Hall–Kier alpha value is -3.35. The fraction of sp³-hybridized carbons (Fsp3) is 0.250. The summed E-state index contributed by atoms with van der Waals surface area (Å²) in [7, 11) is 0. The Morgan fingerprint density at radius 3 is 2.26 bits per heavy atom. The van der Waals surface area contributed by atoms with Crippen molar-refractivity contribution < 1.29 is 19.5 Å². The lowest BCUT2D eigenvalue weighted by atomic mass is 10.1. The SMILES string of the molecule is Cc1cc(O)ccc1NC(=O)Nc1ccc2c(c1)C(=O)N(C(C)(C)C)C2=O. The minimum Gasteiger partial charge on any atom is -0.508 e. The first-order valence-corrected chi connectivity index (χ1v) is 8.48. The topological polar surface area (TPSA) is 98.7 Å². The van der Waals surface area contributed by atoms with E-state index < -0.39 is 11.6 Å². The highest BCUT2D eigenvalue weighted by Crippen LogP contribution is 2.31. The predicted molar refractivity (Wildman–Crippen MR) is 102 cm³/mol. The van der Waals surface area contributed by atoms with Crippen LogP contribution in [0.4, 0.5) is 16.2 Å². The van der Waals surface area contributed by atoms with Crippen molar-refractivity contribution in [1.29, 1.82) is 0 Å². The van der Waals surface area contributed by atoms with E-state index in [4.69, 9.17) is 0 Å². The Morgan fingerprint density at radius 2 is 1.63 bits per heavy atom. The number of aromatic hydroxyl groups is 1. The number of hydrogen-bond acceptors (Lipinski definition) is 4. The number of rotatable bonds is 2. The van der Waals surface area contributed by atoms with E-state index in [-0.39, 0.29) is 23.1 Å². The number of imide groups is 1. The van der Waals surface area contributed by atoms with E-state index in [1.807, 2.05) is 0 Å². The molecule has 3 rings (SSSR count). The van der Waals surface area contributed by atoms with Gasteiger partial charge in [0.2, 0.25) is 0 Å². The van der Waals surface area contributed by atoms with Gasteiger partial charge in [-0.05, 0) is 69.7 Å². The van der Waals surface area contributed by atoms with Crippen LogP contribution in [0.2, 0.25) is 0 Å². The molecule has 27 heavy (non-hydrogen) atoms. The van der Waals surface area contributed by atoms with Gasteiger partial charge in [0, 0.05) is 16.9 Å². The summed E-state index contributed by atoms with van der Waals surface area (Å²) >= 11 is 0. The number of nitrogens with one attached hydrogen (secondary N) is 2. The number of anilines is 2. The van der Waals surface area contributed by atoms with Crippen molar-refractivity contribution in [2.45, 2.75) is 33.2 Å². The third-order valence-electron chi connectivity index (χ3n) is 4.27. The van der Waals surface area contributed by atoms with Gasteiger partial charge in [-0.15, -0.1) is 0 Å². The van der Waals surface area contributed by atoms with Crippen LogP contribution in [0.1, 0.15) is 47.1 Å². The van der Waals surface area contributed by atoms with E-state index >= 15 is 0 Å². The number of fused-ring (bicyclic) bond motifs is 1. The monoisotopic (exact) mass is 367 g/mol.